The Morgan fingerprint density at radius 3 is 2.29 bits per heavy atom. The number of amides is 1. The van der Waals surface area contributed by atoms with Crippen molar-refractivity contribution < 1.29 is 14.1 Å². The van der Waals surface area contributed by atoms with Crippen molar-refractivity contribution >= 4 is 23.0 Å². The molecule has 1 heterocycles. The molecule has 4 rings (SSSR count). The highest BCUT2D eigenvalue weighted by atomic mass is 16.5. The third-order valence-corrected chi connectivity index (χ3v) is 4.35. The van der Waals surface area contributed by atoms with E-state index in [0.717, 1.165) is 17.0 Å². The predicted molar refractivity (Wildman–Crippen MR) is 118 cm³/mol. The second-order valence-corrected chi connectivity index (χ2v) is 6.57. The summed E-state index contributed by atoms with van der Waals surface area (Å²) < 4.78 is 10.8. The highest BCUT2D eigenvalue weighted by Gasteiger charge is 2.14. The Morgan fingerprint density at radius 2 is 1.61 bits per heavy atom. The quantitative estimate of drug-likeness (QED) is 0.355. The molecular weight excluding hydrogens is 392 g/mol. The molecule has 0 saturated carbocycles. The van der Waals surface area contributed by atoms with Crippen molar-refractivity contribution in [1.82, 2.24) is 5.16 Å². The van der Waals surface area contributed by atoms with Crippen LogP contribution in [-0.4, -0.2) is 17.7 Å². The molecule has 154 valence electrons. The molecule has 1 aromatic heterocycles. The number of azo groups is 1. The van der Waals surface area contributed by atoms with E-state index in [4.69, 9.17) is 9.26 Å². The van der Waals surface area contributed by atoms with Crippen LogP contribution in [-0.2, 0) is 0 Å². The van der Waals surface area contributed by atoms with Gasteiger partial charge in [-0.05, 0) is 67.6 Å². The first kappa shape index (κ1) is 20.0. The van der Waals surface area contributed by atoms with Gasteiger partial charge in [0.05, 0.1) is 18.0 Å². The van der Waals surface area contributed by atoms with Gasteiger partial charge in [-0.15, -0.1) is 0 Å². The molecule has 4 aromatic rings. The van der Waals surface area contributed by atoms with Gasteiger partial charge in [-0.25, -0.2) is 0 Å². The third kappa shape index (κ3) is 5.22. The smallest absolute Gasteiger partial charge is 0.277 e. The number of rotatable bonds is 7. The zero-order valence-electron chi connectivity index (χ0n) is 16.9. The molecule has 0 spiro atoms. The van der Waals surface area contributed by atoms with Crippen molar-refractivity contribution in [2.75, 3.05) is 11.9 Å². The average molecular weight is 412 g/mol. The van der Waals surface area contributed by atoms with Crippen molar-refractivity contribution in [3.05, 3.63) is 90.6 Å². The van der Waals surface area contributed by atoms with Crippen LogP contribution in [0.5, 0.6) is 5.75 Å². The number of hydrogen-bond donors (Lipinski definition) is 1. The zero-order valence-corrected chi connectivity index (χ0v) is 16.9. The van der Waals surface area contributed by atoms with Crippen LogP contribution in [0.1, 0.15) is 17.4 Å². The van der Waals surface area contributed by atoms with Crippen molar-refractivity contribution in [2.45, 2.75) is 6.92 Å². The van der Waals surface area contributed by atoms with Gasteiger partial charge in [0.1, 0.15) is 5.75 Å². The number of aromatic nitrogens is 1. The Labute approximate surface area is 179 Å². The molecule has 0 aliphatic heterocycles. The minimum Gasteiger partial charge on any atom is -0.494 e. The summed E-state index contributed by atoms with van der Waals surface area (Å²) in [5, 5.41) is 15.0. The lowest BCUT2D eigenvalue weighted by Gasteiger charge is -2.03. The molecule has 0 atom stereocenters. The molecule has 0 saturated heterocycles. The van der Waals surface area contributed by atoms with E-state index >= 15 is 0 Å². The van der Waals surface area contributed by atoms with E-state index < -0.39 is 0 Å². The molecule has 0 aliphatic carbocycles. The molecule has 0 fully saturated rings. The SMILES string of the molecule is CCOc1ccc(-c2cc(C(=O)Nc3ccc(N=Nc4ccccc4)cc3)no2)cc1. The Hall–Kier alpha value is -4.26. The summed E-state index contributed by atoms with van der Waals surface area (Å²) in [5.41, 5.74) is 3.07. The monoisotopic (exact) mass is 412 g/mol. The van der Waals surface area contributed by atoms with Crippen molar-refractivity contribution in [3.8, 4) is 17.1 Å². The van der Waals surface area contributed by atoms with Crippen LogP contribution in [0.15, 0.2) is 99.7 Å². The van der Waals surface area contributed by atoms with Gasteiger partial charge in [0.25, 0.3) is 5.91 Å². The van der Waals surface area contributed by atoms with Crippen LogP contribution in [0.25, 0.3) is 11.3 Å². The largest absolute Gasteiger partial charge is 0.494 e. The molecule has 31 heavy (non-hydrogen) atoms. The fraction of sp³-hybridized carbons (Fsp3) is 0.0833. The third-order valence-electron chi connectivity index (χ3n) is 4.35. The molecule has 0 radical (unpaired) electrons. The number of nitrogens with zero attached hydrogens (tertiary/aromatic N) is 3. The average Bonchev–Trinajstić information content (AvgIpc) is 3.31. The van der Waals surface area contributed by atoms with E-state index in [-0.39, 0.29) is 11.6 Å². The normalized spacial score (nSPS) is 10.9. The molecular formula is C24H20N4O3. The number of benzene rings is 3. The summed E-state index contributed by atoms with van der Waals surface area (Å²) in [6.07, 6.45) is 0. The van der Waals surface area contributed by atoms with Crippen molar-refractivity contribution in [2.24, 2.45) is 10.2 Å². The molecule has 0 aliphatic rings. The van der Waals surface area contributed by atoms with Crippen LogP contribution >= 0.6 is 0 Å². The fourth-order valence-corrected chi connectivity index (χ4v) is 2.82. The Bertz CT molecular complexity index is 1170. The van der Waals surface area contributed by atoms with Gasteiger partial charge in [0, 0.05) is 17.3 Å². The lowest BCUT2D eigenvalue weighted by Crippen LogP contribution is -2.11. The van der Waals surface area contributed by atoms with E-state index in [0.29, 0.717) is 23.7 Å². The van der Waals surface area contributed by atoms with Gasteiger partial charge in [-0.1, -0.05) is 23.4 Å². The Kier molecular flexibility index (Phi) is 6.13. The minimum atomic E-state index is -0.361. The van der Waals surface area contributed by atoms with Crippen LogP contribution in [0.3, 0.4) is 0 Å². The second kappa shape index (κ2) is 9.49. The van der Waals surface area contributed by atoms with Gasteiger partial charge in [-0.2, -0.15) is 10.2 Å². The molecule has 0 unspecified atom stereocenters. The maximum absolute atomic E-state index is 12.5. The summed E-state index contributed by atoms with van der Waals surface area (Å²) in [5.74, 6) is 0.917. The van der Waals surface area contributed by atoms with E-state index in [1.807, 2.05) is 61.5 Å². The number of carbonyl (C=O) groups is 1. The molecule has 7 nitrogen and oxygen atoms in total. The maximum atomic E-state index is 12.5. The van der Waals surface area contributed by atoms with Gasteiger partial charge in [-0.3, -0.25) is 4.79 Å². The number of ether oxygens (including phenoxy) is 1. The molecule has 1 amide bonds. The highest BCUT2D eigenvalue weighted by molar-refractivity contribution is 6.03. The number of hydrogen-bond acceptors (Lipinski definition) is 6. The predicted octanol–water partition coefficient (Wildman–Crippen LogP) is 6.41. The van der Waals surface area contributed by atoms with Gasteiger partial charge in [0.15, 0.2) is 11.5 Å². The van der Waals surface area contributed by atoms with Gasteiger partial charge >= 0.3 is 0 Å². The van der Waals surface area contributed by atoms with E-state index in [1.54, 1.807) is 30.3 Å². The summed E-state index contributed by atoms with van der Waals surface area (Å²) in [7, 11) is 0. The van der Waals surface area contributed by atoms with Gasteiger partial charge < -0.3 is 14.6 Å². The summed E-state index contributed by atoms with van der Waals surface area (Å²) in [6, 6.07) is 25.5. The van der Waals surface area contributed by atoms with E-state index in [9.17, 15) is 4.79 Å². The topological polar surface area (TPSA) is 89.1 Å². The second-order valence-electron chi connectivity index (χ2n) is 6.57. The number of carbonyl (C=O) groups excluding carboxylic acids is 1. The standard InChI is InChI=1S/C24H20N4O3/c1-2-30-21-14-8-17(9-15-21)23-16-22(28-31-23)24(29)25-18-10-12-20(13-11-18)27-26-19-6-4-3-5-7-19/h3-16H,2H2,1H3,(H,25,29). The van der Waals surface area contributed by atoms with E-state index in [2.05, 4.69) is 20.7 Å². The first-order valence-corrected chi connectivity index (χ1v) is 9.79. The Morgan fingerprint density at radius 1 is 0.935 bits per heavy atom. The van der Waals surface area contributed by atoms with Crippen molar-refractivity contribution in [3.63, 3.8) is 0 Å². The number of nitrogens with one attached hydrogen (secondary N) is 1. The zero-order chi connectivity index (χ0) is 21.5. The summed E-state index contributed by atoms with van der Waals surface area (Å²) >= 11 is 0. The van der Waals surface area contributed by atoms with Crippen LogP contribution in [0.2, 0.25) is 0 Å². The van der Waals surface area contributed by atoms with E-state index in [1.165, 1.54) is 0 Å². The first-order valence-electron chi connectivity index (χ1n) is 9.79. The first-order chi connectivity index (χ1) is 15.2. The van der Waals surface area contributed by atoms with Crippen LogP contribution in [0, 0.1) is 0 Å². The maximum Gasteiger partial charge on any atom is 0.277 e. The molecule has 3 aromatic carbocycles. The minimum absolute atomic E-state index is 0.191. The van der Waals surface area contributed by atoms with Crippen LogP contribution in [0.4, 0.5) is 17.1 Å². The summed E-state index contributed by atoms with van der Waals surface area (Å²) in [6.45, 7) is 2.53. The lowest BCUT2D eigenvalue weighted by atomic mass is 10.1. The molecule has 1 N–H and O–H groups in total. The Balaban J connectivity index is 1.39. The highest BCUT2D eigenvalue weighted by Crippen LogP contribution is 2.24. The number of anilines is 1. The fourth-order valence-electron chi connectivity index (χ4n) is 2.82. The van der Waals surface area contributed by atoms with Gasteiger partial charge in [0.2, 0.25) is 0 Å². The lowest BCUT2D eigenvalue weighted by molar-refractivity contribution is 0.101. The molecule has 7 heteroatoms. The van der Waals surface area contributed by atoms with Crippen molar-refractivity contribution in [1.29, 1.82) is 0 Å². The van der Waals surface area contributed by atoms with Crippen LogP contribution < -0.4 is 10.1 Å². The summed E-state index contributed by atoms with van der Waals surface area (Å²) in [4.78, 5) is 12.5. The molecule has 0 bridgehead atoms.